The molecule has 6 rings (SSSR count). The number of aromatic amines is 1. The van der Waals surface area contributed by atoms with E-state index >= 15 is 0 Å². The van der Waals surface area contributed by atoms with E-state index < -0.39 is 0 Å². The largest absolute Gasteiger partial charge is 0.309 e. The van der Waals surface area contributed by atoms with Crippen molar-refractivity contribution in [1.82, 2.24) is 28.9 Å². The molecule has 0 saturated carbocycles. The first-order chi connectivity index (χ1) is 18.8. The Labute approximate surface area is 230 Å². The van der Waals surface area contributed by atoms with E-state index in [9.17, 15) is 14.4 Å². The fourth-order valence-corrected chi connectivity index (χ4v) is 6.64. The molecule has 2 aromatic carbocycles. The molecule has 4 aromatic heterocycles. The van der Waals surface area contributed by atoms with Gasteiger partial charge in [0.2, 0.25) is 0 Å². The van der Waals surface area contributed by atoms with Crippen LogP contribution < -0.4 is 16.7 Å². The first kappa shape index (κ1) is 25.1. The van der Waals surface area contributed by atoms with Crippen LogP contribution in [0.1, 0.15) is 22.0 Å². The molecular formula is C28H24N6O3S2. The summed E-state index contributed by atoms with van der Waals surface area (Å²) in [7, 11) is 1.79. The molecule has 0 atom stereocenters. The molecule has 0 aliphatic carbocycles. The van der Waals surface area contributed by atoms with Gasteiger partial charge in [0.15, 0.2) is 5.16 Å². The monoisotopic (exact) mass is 556 g/mol. The number of thioether (sulfide) groups is 1. The van der Waals surface area contributed by atoms with Crippen LogP contribution in [0, 0.1) is 20.8 Å². The van der Waals surface area contributed by atoms with E-state index in [4.69, 9.17) is 4.98 Å². The van der Waals surface area contributed by atoms with Gasteiger partial charge in [-0.25, -0.2) is 19.2 Å². The number of benzene rings is 2. The van der Waals surface area contributed by atoms with E-state index in [1.807, 2.05) is 50.2 Å². The van der Waals surface area contributed by atoms with Gasteiger partial charge in [0.05, 0.1) is 33.4 Å². The highest BCUT2D eigenvalue weighted by Gasteiger charge is 2.23. The Morgan fingerprint density at radius 3 is 2.41 bits per heavy atom. The number of nitrogens with zero attached hydrogens (tertiary/aromatic N) is 5. The topological polar surface area (TPSA) is 108 Å². The van der Waals surface area contributed by atoms with Crippen LogP contribution in [-0.4, -0.2) is 28.9 Å². The molecule has 0 saturated heterocycles. The van der Waals surface area contributed by atoms with Crippen LogP contribution in [0.25, 0.3) is 32.5 Å². The van der Waals surface area contributed by atoms with Crippen LogP contribution >= 0.6 is 23.1 Å². The molecule has 0 aliphatic rings. The summed E-state index contributed by atoms with van der Waals surface area (Å²) in [5, 5.41) is 1.35. The third-order valence-corrected chi connectivity index (χ3v) is 8.97. The Bertz CT molecular complexity index is 2080. The first-order valence-electron chi connectivity index (χ1n) is 12.2. The Hall–Kier alpha value is -4.22. The van der Waals surface area contributed by atoms with Gasteiger partial charge < -0.3 is 4.98 Å². The zero-order valence-electron chi connectivity index (χ0n) is 21.7. The SMILES string of the molecule is Cc1sc2nc(CSc3nc4ccccc4c(=O)n3-c3c(C)n(C)n(-c4ccccc4)c3=O)[nH]c(=O)c2c1C. The second-order valence-corrected chi connectivity index (χ2v) is 11.4. The fraction of sp³-hybridized carbons (Fsp3) is 0.179. The smallest absolute Gasteiger partial charge is 0.296 e. The molecule has 196 valence electrons. The van der Waals surface area contributed by atoms with Crippen LogP contribution in [0.5, 0.6) is 0 Å². The predicted octanol–water partition coefficient (Wildman–Crippen LogP) is 4.39. The second-order valence-electron chi connectivity index (χ2n) is 9.23. The third kappa shape index (κ3) is 4.05. The number of H-pyrrole nitrogens is 1. The van der Waals surface area contributed by atoms with Crippen molar-refractivity contribution in [3.8, 4) is 11.4 Å². The van der Waals surface area contributed by atoms with Crippen molar-refractivity contribution in [3.05, 3.63) is 108 Å². The number of aromatic nitrogens is 6. The molecule has 9 nitrogen and oxygen atoms in total. The normalized spacial score (nSPS) is 11.6. The predicted molar refractivity (Wildman–Crippen MR) is 156 cm³/mol. The Morgan fingerprint density at radius 1 is 0.923 bits per heavy atom. The number of thiophene rings is 1. The standard InChI is InChI=1S/C28H24N6O3S2/c1-15-17(3)39-25-22(15)24(35)30-21(31-25)14-38-28-29-20-13-9-8-12-19(20)26(36)33(28)23-16(2)32(4)34(27(23)37)18-10-6-5-7-11-18/h5-13H,14H2,1-4H3,(H,30,31,35). The fourth-order valence-electron chi connectivity index (χ4n) is 4.72. The summed E-state index contributed by atoms with van der Waals surface area (Å²) < 4.78 is 4.66. The molecule has 11 heteroatoms. The third-order valence-electron chi connectivity index (χ3n) is 6.92. The van der Waals surface area contributed by atoms with Gasteiger partial charge >= 0.3 is 0 Å². The minimum absolute atomic E-state index is 0.189. The van der Waals surface area contributed by atoms with Crippen LogP contribution in [0.4, 0.5) is 0 Å². The average Bonchev–Trinajstić information content (AvgIpc) is 3.34. The number of hydrogen-bond acceptors (Lipinski definition) is 7. The maximum absolute atomic E-state index is 13.9. The molecule has 0 unspecified atom stereocenters. The molecular weight excluding hydrogens is 532 g/mol. The summed E-state index contributed by atoms with van der Waals surface area (Å²) >= 11 is 2.73. The van der Waals surface area contributed by atoms with Crippen molar-refractivity contribution in [2.45, 2.75) is 31.7 Å². The molecule has 1 N–H and O–H groups in total. The summed E-state index contributed by atoms with van der Waals surface area (Å²) in [6, 6.07) is 16.3. The van der Waals surface area contributed by atoms with Crippen molar-refractivity contribution in [1.29, 1.82) is 0 Å². The van der Waals surface area contributed by atoms with Gasteiger partial charge in [-0.3, -0.25) is 19.1 Å². The van der Waals surface area contributed by atoms with E-state index in [0.717, 1.165) is 10.4 Å². The summed E-state index contributed by atoms with van der Waals surface area (Å²) in [4.78, 5) is 54.6. The van der Waals surface area contributed by atoms with Gasteiger partial charge in [-0.2, -0.15) is 0 Å². The van der Waals surface area contributed by atoms with Crippen molar-refractivity contribution in [2.75, 3.05) is 0 Å². The highest BCUT2D eigenvalue weighted by Crippen LogP contribution is 2.28. The molecule has 0 amide bonds. The van der Waals surface area contributed by atoms with Gasteiger partial charge in [-0.1, -0.05) is 42.1 Å². The van der Waals surface area contributed by atoms with Crippen LogP contribution in [0.3, 0.4) is 0 Å². The average molecular weight is 557 g/mol. The van der Waals surface area contributed by atoms with Gasteiger partial charge in [0.1, 0.15) is 16.3 Å². The molecule has 4 heterocycles. The molecule has 0 spiro atoms. The Balaban J connectivity index is 1.53. The highest BCUT2D eigenvalue weighted by molar-refractivity contribution is 7.98. The number of hydrogen-bond donors (Lipinski definition) is 1. The number of fused-ring (bicyclic) bond motifs is 2. The van der Waals surface area contributed by atoms with Crippen molar-refractivity contribution in [3.63, 3.8) is 0 Å². The van der Waals surface area contributed by atoms with Crippen molar-refractivity contribution < 1.29 is 0 Å². The van der Waals surface area contributed by atoms with E-state index in [0.29, 0.717) is 43.5 Å². The van der Waals surface area contributed by atoms with E-state index in [1.54, 1.807) is 36.9 Å². The number of rotatable bonds is 5. The van der Waals surface area contributed by atoms with Gasteiger partial charge in [0.25, 0.3) is 16.7 Å². The summed E-state index contributed by atoms with van der Waals surface area (Å²) in [6.07, 6.45) is 0. The zero-order valence-corrected chi connectivity index (χ0v) is 23.3. The van der Waals surface area contributed by atoms with Gasteiger partial charge in [0, 0.05) is 11.9 Å². The van der Waals surface area contributed by atoms with E-state index in [2.05, 4.69) is 9.97 Å². The highest BCUT2D eigenvalue weighted by atomic mass is 32.2. The summed E-state index contributed by atoms with van der Waals surface area (Å²) in [5.74, 6) is 0.726. The molecule has 0 radical (unpaired) electrons. The lowest BCUT2D eigenvalue weighted by Crippen LogP contribution is -2.28. The van der Waals surface area contributed by atoms with Crippen LogP contribution in [0.2, 0.25) is 0 Å². The van der Waals surface area contributed by atoms with Gasteiger partial charge in [-0.05, 0) is 50.6 Å². The van der Waals surface area contributed by atoms with Crippen LogP contribution in [0.15, 0.2) is 74.1 Å². The van der Waals surface area contributed by atoms with Crippen molar-refractivity contribution in [2.24, 2.45) is 7.05 Å². The lowest BCUT2D eigenvalue weighted by atomic mass is 10.2. The maximum Gasteiger partial charge on any atom is 0.296 e. The van der Waals surface area contributed by atoms with E-state index in [1.165, 1.54) is 32.3 Å². The molecule has 0 fully saturated rings. The van der Waals surface area contributed by atoms with Crippen LogP contribution in [-0.2, 0) is 12.8 Å². The molecule has 39 heavy (non-hydrogen) atoms. The second kappa shape index (κ2) is 9.51. The minimum atomic E-state index is -0.337. The molecule has 0 aliphatic heterocycles. The zero-order chi connectivity index (χ0) is 27.4. The van der Waals surface area contributed by atoms with Gasteiger partial charge in [-0.15, -0.1) is 11.3 Å². The number of aryl methyl sites for hydroxylation is 2. The quantitative estimate of drug-likeness (QED) is 0.249. The Morgan fingerprint density at radius 2 is 1.64 bits per heavy atom. The first-order valence-corrected chi connectivity index (χ1v) is 14.0. The summed E-state index contributed by atoms with van der Waals surface area (Å²) in [6.45, 7) is 5.69. The van der Waals surface area contributed by atoms with Crippen molar-refractivity contribution >= 4 is 44.2 Å². The minimum Gasteiger partial charge on any atom is -0.309 e. The molecule has 0 bridgehead atoms. The lowest BCUT2D eigenvalue weighted by molar-refractivity contribution is 0.630. The van der Waals surface area contributed by atoms with E-state index in [-0.39, 0.29) is 28.1 Å². The molecule has 6 aromatic rings. The Kier molecular flexibility index (Phi) is 6.12. The number of para-hydroxylation sites is 2. The number of nitrogens with one attached hydrogen (secondary N) is 1. The maximum atomic E-state index is 13.9. The summed E-state index contributed by atoms with van der Waals surface area (Å²) in [5.41, 5.74) is 2.13. The lowest BCUT2D eigenvalue weighted by Gasteiger charge is -2.12.